The largest absolute Gasteiger partial charge is 0.380 e. The summed E-state index contributed by atoms with van der Waals surface area (Å²) >= 11 is 0. The van der Waals surface area contributed by atoms with Gasteiger partial charge < -0.3 is 15.0 Å². The maximum absolute atomic E-state index is 5.38. The summed E-state index contributed by atoms with van der Waals surface area (Å²) in [6.45, 7) is 3.94. The van der Waals surface area contributed by atoms with Crippen LogP contribution in [-0.2, 0) is 18.2 Å². The van der Waals surface area contributed by atoms with Crippen molar-refractivity contribution in [3.63, 3.8) is 0 Å². The minimum atomic E-state index is 0.571. The minimum Gasteiger partial charge on any atom is -0.380 e. The third kappa shape index (κ3) is 2.65. The van der Waals surface area contributed by atoms with Crippen LogP contribution in [0.25, 0.3) is 11.0 Å². The molecule has 2 rings (SSSR count). The zero-order valence-electron chi connectivity index (χ0n) is 10.4. The molecular formula is C13H19N3O. The highest BCUT2D eigenvalue weighted by Gasteiger charge is 2.07. The van der Waals surface area contributed by atoms with Gasteiger partial charge in [-0.15, -0.1) is 0 Å². The second-order valence-electron chi connectivity index (χ2n) is 4.23. The van der Waals surface area contributed by atoms with Crippen molar-refractivity contribution < 1.29 is 4.74 Å². The molecule has 0 aliphatic heterocycles. The highest BCUT2D eigenvalue weighted by Crippen LogP contribution is 2.16. The van der Waals surface area contributed by atoms with Gasteiger partial charge in [0.2, 0.25) is 0 Å². The highest BCUT2D eigenvalue weighted by atomic mass is 16.5. The van der Waals surface area contributed by atoms with Crippen molar-refractivity contribution >= 4 is 11.0 Å². The van der Waals surface area contributed by atoms with Gasteiger partial charge in [0.15, 0.2) is 0 Å². The number of hydrogen-bond acceptors (Lipinski definition) is 3. The van der Waals surface area contributed by atoms with E-state index in [2.05, 4.69) is 34.7 Å². The molecular weight excluding hydrogens is 214 g/mol. The fourth-order valence-corrected chi connectivity index (χ4v) is 1.93. The molecule has 17 heavy (non-hydrogen) atoms. The predicted octanol–water partition coefficient (Wildman–Crippen LogP) is 1.40. The van der Waals surface area contributed by atoms with E-state index in [1.54, 1.807) is 0 Å². The average molecular weight is 233 g/mol. The Kier molecular flexibility index (Phi) is 3.76. The molecule has 0 bridgehead atoms. The lowest BCUT2D eigenvalue weighted by atomic mass is 10.2. The van der Waals surface area contributed by atoms with Crippen LogP contribution in [0.15, 0.2) is 18.2 Å². The molecule has 1 aromatic heterocycles. The zero-order valence-corrected chi connectivity index (χ0v) is 10.4. The van der Waals surface area contributed by atoms with Crippen molar-refractivity contribution in [3.05, 3.63) is 29.6 Å². The van der Waals surface area contributed by atoms with E-state index in [9.17, 15) is 0 Å². The first-order valence-electron chi connectivity index (χ1n) is 5.92. The standard InChI is InChI=1S/C13H19N3O/c1-10-3-4-12-11(9-10)15-13(16(12)2)5-7-17-8-6-14/h3-4,9H,5-8,14H2,1-2H3. The van der Waals surface area contributed by atoms with E-state index in [1.807, 2.05) is 7.05 Å². The first kappa shape index (κ1) is 12.1. The van der Waals surface area contributed by atoms with Gasteiger partial charge in [0.25, 0.3) is 0 Å². The van der Waals surface area contributed by atoms with E-state index in [0.29, 0.717) is 19.8 Å². The molecule has 0 saturated heterocycles. The molecule has 0 aliphatic rings. The van der Waals surface area contributed by atoms with E-state index in [-0.39, 0.29) is 0 Å². The highest BCUT2D eigenvalue weighted by molar-refractivity contribution is 5.76. The normalized spacial score (nSPS) is 11.2. The first-order valence-corrected chi connectivity index (χ1v) is 5.92. The molecule has 2 N–H and O–H groups in total. The monoisotopic (exact) mass is 233 g/mol. The second-order valence-corrected chi connectivity index (χ2v) is 4.23. The van der Waals surface area contributed by atoms with Crippen LogP contribution in [0.4, 0.5) is 0 Å². The van der Waals surface area contributed by atoms with E-state index < -0.39 is 0 Å². The Hall–Kier alpha value is -1.39. The number of hydrogen-bond donors (Lipinski definition) is 1. The maximum atomic E-state index is 5.38. The van der Waals surface area contributed by atoms with E-state index in [1.165, 1.54) is 11.1 Å². The lowest BCUT2D eigenvalue weighted by Gasteiger charge is -2.03. The SMILES string of the molecule is Cc1ccc2c(c1)nc(CCOCCN)n2C. The molecule has 4 nitrogen and oxygen atoms in total. The summed E-state index contributed by atoms with van der Waals surface area (Å²) in [6, 6.07) is 6.33. The first-order chi connectivity index (χ1) is 8.22. The summed E-state index contributed by atoms with van der Waals surface area (Å²) in [7, 11) is 2.04. The molecule has 0 saturated carbocycles. The number of aryl methyl sites for hydroxylation is 2. The zero-order chi connectivity index (χ0) is 12.3. The van der Waals surface area contributed by atoms with Gasteiger partial charge in [0, 0.05) is 20.0 Å². The van der Waals surface area contributed by atoms with Gasteiger partial charge in [0.1, 0.15) is 5.82 Å². The molecule has 1 heterocycles. The molecule has 0 spiro atoms. The summed E-state index contributed by atoms with van der Waals surface area (Å²) in [4.78, 5) is 4.62. The van der Waals surface area contributed by atoms with Gasteiger partial charge in [-0.2, -0.15) is 0 Å². The molecule has 2 aromatic rings. The second kappa shape index (κ2) is 5.29. The molecule has 0 atom stereocenters. The lowest BCUT2D eigenvalue weighted by molar-refractivity contribution is 0.143. The van der Waals surface area contributed by atoms with Gasteiger partial charge in [-0.05, 0) is 24.6 Å². The van der Waals surface area contributed by atoms with Crippen LogP contribution >= 0.6 is 0 Å². The van der Waals surface area contributed by atoms with Crippen molar-refractivity contribution in [2.24, 2.45) is 12.8 Å². The van der Waals surface area contributed by atoms with Gasteiger partial charge in [-0.25, -0.2) is 4.98 Å². The molecule has 0 unspecified atom stereocenters. The molecule has 92 valence electrons. The third-order valence-corrected chi connectivity index (χ3v) is 2.86. The van der Waals surface area contributed by atoms with Crippen LogP contribution in [0.2, 0.25) is 0 Å². The number of rotatable bonds is 5. The van der Waals surface area contributed by atoms with Crippen molar-refractivity contribution in [2.45, 2.75) is 13.3 Å². The predicted molar refractivity (Wildman–Crippen MR) is 69.0 cm³/mol. The summed E-state index contributed by atoms with van der Waals surface area (Å²) in [5, 5.41) is 0. The Morgan fingerprint density at radius 2 is 2.18 bits per heavy atom. The topological polar surface area (TPSA) is 53.1 Å². The van der Waals surface area contributed by atoms with E-state index in [0.717, 1.165) is 17.8 Å². The Bertz CT molecular complexity index is 505. The molecule has 0 fully saturated rings. The van der Waals surface area contributed by atoms with Crippen LogP contribution < -0.4 is 5.73 Å². The fraction of sp³-hybridized carbons (Fsp3) is 0.462. The smallest absolute Gasteiger partial charge is 0.111 e. The van der Waals surface area contributed by atoms with Gasteiger partial charge in [-0.3, -0.25) is 0 Å². The van der Waals surface area contributed by atoms with Crippen molar-refractivity contribution in [1.29, 1.82) is 0 Å². The molecule has 1 aromatic carbocycles. The molecule has 0 aliphatic carbocycles. The van der Waals surface area contributed by atoms with Crippen molar-refractivity contribution in [3.8, 4) is 0 Å². The number of imidazole rings is 1. The molecule has 0 radical (unpaired) electrons. The molecule has 0 amide bonds. The Morgan fingerprint density at radius 3 is 2.94 bits per heavy atom. The van der Waals surface area contributed by atoms with E-state index >= 15 is 0 Å². The summed E-state index contributed by atoms with van der Waals surface area (Å²) in [5.74, 6) is 1.06. The minimum absolute atomic E-state index is 0.571. The number of ether oxygens (including phenoxy) is 1. The number of nitrogens with two attached hydrogens (primary N) is 1. The fourth-order valence-electron chi connectivity index (χ4n) is 1.93. The summed E-state index contributed by atoms with van der Waals surface area (Å²) < 4.78 is 7.51. The van der Waals surface area contributed by atoms with Crippen LogP contribution in [0, 0.1) is 6.92 Å². The average Bonchev–Trinajstić information content (AvgIpc) is 2.61. The van der Waals surface area contributed by atoms with Crippen LogP contribution in [0.3, 0.4) is 0 Å². The Morgan fingerprint density at radius 1 is 1.35 bits per heavy atom. The summed E-state index contributed by atoms with van der Waals surface area (Å²) in [6.07, 6.45) is 0.824. The Labute approximate surface area is 101 Å². The van der Waals surface area contributed by atoms with Gasteiger partial charge in [-0.1, -0.05) is 6.07 Å². The van der Waals surface area contributed by atoms with Gasteiger partial charge >= 0.3 is 0 Å². The van der Waals surface area contributed by atoms with Crippen LogP contribution in [0.1, 0.15) is 11.4 Å². The van der Waals surface area contributed by atoms with E-state index in [4.69, 9.17) is 10.5 Å². The van der Waals surface area contributed by atoms with Crippen molar-refractivity contribution in [2.75, 3.05) is 19.8 Å². The lowest BCUT2D eigenvalue weighted by Crippen LogP contribution is -2.11. The third-order valence-electron chi connectivity index (χ3n) is 2.86. The number of benzene rings is 1. The van der Waals surface area contributed by atoms with Crippen LogP contribution in [0.5, 0.6) is 0 Å². The number of aromatic nitrogens is 2. The number of fused-ring (bicyclic) bond motifs is 1. The van der Waals surface area contributed by atoms with Gasteiger partial charge in [0.05, 0.1) is 24.2 Å². The molecule has 4 heteroatoms. The maximum Gasteiger partial charge on any atom is 0.111 e. The Balaban J connectivity index is 2.15. The quantitative estimate of drug-likeness (QED) is 0.794. The van der Waals surface area contributed by atoms with Crippen molar-refractivity contribution in [1.82, 2.24) is 9.55 Å². The number of nitrogens with zero attached hydrogens (tertiary/aromatic N) is 2. The summed E-state index contributed by atoms with van der Waals surface area (Å²) in [5.41, 5.74) is 8.84. The van der Waals surface area contributed by atoms with Crippen LogP contribution in [-0.4, -0.2) is 29.3 Å².